The van der Waals surface area contributed by atoms with Crippen molar-refractivity contribution in [3.63, 3.8) is 0 Å². The summed E-state index contributed by atoms with van der Waals surface area (Å²) in [6.45, 7) is 1.83. The average Bonchev–Trinajstić information content (AvgIpc) is 3.01. The normalized spacial score (nSPS) is 18.3. The van der Waals surface area contributed by atoms with E-state index in [4.69, 9.17) is 0 Å². The molecule has 4 rings (SSSR count). The van der Waals surface area contributed by atoms with E-state index in [0.717, 1.165) is 44.3 Å². The zero-order valence-electron chi connectivity index (χ0n) is 11.7. The SMILES string of the molecule is O=C1CCCc2c1cnc1nc(N3CCCC3)[nH]c(=O)c21. The Morgan fingerprint density at radius 1 is 1.10 bits per heavy atom. The molecule has 1 fully saturated rings. The number of carbonyl (C=O) groups is 1. The van der Waals surface area contributed by atoms with Crippen LogP contribution >= 0.6 is 0 Å². The van der Waals surface area contributed by atoms with Crippen LogP contribution in [0, 0.1) is 0 Å². The minimum Gasteiger partial charge on any atom is -0.342 e. The molecular formula is C15H16N4O2. The second-order valence-corrected chi connectivity index (χ2v) is 5.71. The van der Waals surface area contributed by atoms with Crippen LogP contribution in [0.1, 0.15) is 41.6 Å². The van der Waals surface area contributed by atoms with Crippen molar-refractivity contribution in [3.8, 4) is 0 Å². The predicted molar refractivity (Wildman–Crippen MR) is 78.9 cm³/mol. The van der Waals surface area contributed by atoms with E-state index in [1.807, 2.05) is 0 Å². The van der Waals surface area contributed by atoms with E-state index >= 15 is 0 Å². The number of carbonyl (C=O) groups excluding carboxylic acids is 1. The maximum absolute atomic E-state index is 12.5. The Hall–Kier alpha value is -2.24. The number of hydrogen-bond acceptors (Lipinski definition) is 5. The maximum atomic E-state index is 12.5. The molecule has 1 saturated heterocycles. The number of rotatable bonds is 1. The van der Waals surface area contributed by atoms with Gasteiger partial charge in [-0.15, -0.1) is 0 Å². The molecule has 6 nitrogen and oxygen atoms in total. The first-order chi connectivity index (χ1) is 10.2. The molecule has 0 amide bonds. The number of ketones is 1. The lowest BCUT2D eigenvalue weighted by atomic mass is 9.90. The van der Waals surface area contributed by atoms with Crippen LogP contribution in [-0.2, 0) is 6.42 Å². The molecule has 1 aliphatic carbocycles. The molecule has 0 saturated carbocycles. The molecule has 108 valence electrons. The molecule has 21 heavy (non-hydrogen) atoms. The van der Waals surface area contributed by atoms with Crippen molar-refractivity contribution in [1.29, 1.82) is 0 Å². The molecule has 0 bridgehead atoms. The highest BCUT2D eigenvalue weighted by atomic mass is 16.1. The van der Waals surface area contributed by atoms with E-state index in [0.29, 0.717) is 29.0 Å². The van der Waals surface area contributed by atoms with Gasteiger partial charge in [0.15, 0.2) is 11.4 Å². The van der Waals surface area contributed by atoms with Gasteiger partial charge in [0.1, 0.15) is 0 Å². The molecule has 2 aromatic heterocycles. The van der Waals surface area contributed by atoms with Gasteiger partial charge in [-0.3, -0.25) is 14.6 Å². The number of Topliss-reactive ketones (excluding diaryl/α,β-unsaturated/α-hetero) is 1. The molecule has 0 unspecified atom stereocenters. The van der Waals surface area contributed by atoms with Crippen molar-refractivity contribution in [1.82, 2.24) is 15.0 Å². The average molecular weight is 284 g/mol. The molecule has 0 spiro atoms. The van der Waals surface area contributed by atoms with E-state index in [-0.39, 0.29) is 11.3 Å². The molecule has 3 heterocycles. The van der Waals surface area contributed by atoms with Crippen LogP contribution in [0.5, 0.6) is 0 Å². The van der Waals surface area contributed by atoms with Crippen molar-refractivity contribution in [2.75, 3.05) is 18.0 Å². The second-order valence-electron chi connectivity index (χ2n) is 5.71. The van der Waals surface area contributed by atoms with Gasteiger partial charge in [0, 0.05) is 31.3 Å². The van der Waals surface area contributed by atoms with Crippen molar-refractivity contribution in [3.05, 3.63) is 27.7 Å². The summed E-state index contributed by atoms with van der Waals surface area (Å²) in [4.78, 5) is 38.1. The van der Waals surface area contributed by atoms with Gasteiger partial charge in [0.05, 0.1) is 5.39 Å². The number of anilines is 1. The minimum atomic E-state index is -0.180. The molecule has 0 atom stereocenters. The van der Waals surface area contributed by atoms with Gasteiger partial charge in [-0.25, -0.2) is 4.98 Å². The van der Waals surface area contributed by atoms with E-state index in [2.05, 4.69) is 19.9 Å². The summed E-state index contributed by atoms with van der Waals surface area (Å²) in [5, 5.41) is 0.489. The fraction of sp³-hybridized carbons (Fsp3) is 0.467. The van der Waals surface area contributed by atoms with Gasteiger partial charge >= 0.3 is 0 Å². The van der Waals surface area contributed by atoms with Crippen molar-refractivity contribution < 1.29 is 4.79 Å². The number of aryl methyl sites for hydroxylation is 1. The predicted octanol–water partition coefficient (Wildman–Crippen LogP) is 1.44. The molecule has 0 aromatic carbocycles. The van der Waals surface area contributed by atoms with Gasteiger partial charge in [0.2, 0.25) is 5.95 Å². The third-order valence-electron chi connectivity index (χ3n) is 4.37. The molecule has 2 aliphatic rings. The number of hydrogen-bond donors (Lipinski definition) is 1. The Labute approximate surface area is 121 Å². The lowest BCUT2D eigenvalue weighted by molar-refractivity contribution is 0.0972. The Kier molecular flexibility index (Phi) is 2.77. The third kappa shape index (κ3) is 1.93. The third-order valence-corrected chi connectivity index (χ3v) is 4.37. The molecule has 6 heteroatoms. The van der Waals surface area contributed by atoms with Gasteiger partial charge in [0.25, 0.3) is 5.56 Å². The highest BCUT2D eigenvalue weighted by molar-refractivity contribution is 6.01. The zero-order valence-corrected chi connectivity index (χ0v) is 11.7. The first-order valence-electron chi connectivity index (χ1n) is 7.44. The molecule has 2 aromatic rings. The molecule has 0 radical (unpaired) electrons. The van der Waals surface area contributed by atoms with Crippen LogP contribution in [0.25, 0.3) is 11.0 Å². The summed E-state index contributed by atoms with van der Waals surface area (Å²) in [6.07, 6.45) is 5.89. The van der Waals surface area contributed by atoms with Crippen molar-refractivity contribution in [2.45, 2.75) is 32.1 Å². The topological polar surface area (TPSA) is 79.0 Å². The smallest absolute Gasteiger partial charge is 0.262 e. The molecular weight excluding hydrogens is 268 g/mol. The highest BCUT2D eigenvalue weighted by Crippen LogP contribution is 2.25. The molecule has 1 aliphatic heterocycles. The fourth-order valence-corrected chi connectivity index (χ4v) is 3.29. The lowest BCUT2D eigenvalue weighted by Gasteiger charge is -2.18. The van der Waals surface area contributed by atoms with Crippen LogP contribution in [-0.4, -0.2) is 33.8 Å². The van der Waals surface area contributed by atoms with Crippen molar-refractivity contribution in [2.24, 2.45) is 0 Å². The first kappa shape index (κ1) is 12.5. The summed E-state index contributed by atoms with van der Waals surface area (Å²) in [6, 6.07) is 0. The standard InChI is InChI=1S/C15H16N4O2/c20-11-5-3-4-9-10(11)8-16-13-12(9)14(21)18-15(17-13)19-6-1-2-7-19/h8H,1-7H2,(H,16,17,18,21). The zero-order chi connectivity index (χ0) is 14.4. The summed E-state index contributed by atoms with van der Waals surface area (Å²) >= 11 is 0. The Morgan fingerprint density at radius 2 is 1.90 bits per heavy atom. The van der Waals surface area contributed by atoms with E-state index in [1.165, 1.54) is 0 Å². The Balaban J connectivity index is 1.93. The van der Waals surface area contributed by atoms with Crippen LogP contribution in [0.3, 0.4) is 0 Å². The van der Waals surface area contributed by atoms with Gasteiger partial charge in [-0.05, 0) is 31.2 Å². The second kappa shape index (κ2) is 4.65. The number of fused-ring (bicyclic) bond motifs is 3. The lowest BCUT2D eigenvalue weighted by Crippen LogP contribution is -2.25. The highest BCUT2D eigenvalue weighted by Gasteiger charge is 2.23. The summed E-state index contributed by atoms with van der Waals surface area (Å²) in [5.74, 6) is 0.674. The van der Waals surface area contributed by atoms with Crippen molar-refractivity contribution >= 4 is 22.8 Å². The quantitative estimate of drug-likeness (QED) is 0.857. The summed E-state index contributed by atoms with van der Waals surface area (Å²) in [7, 11) is 0. The van der Waals surface area contributed by atoms with E-state index < -0.39 is 0 Å². The monoisotopic (exact) mass is 284 g/mol. The number of aromatic amines is 1. The number of aromatic nitrogens is 3. The fourth-order valence-electron chi connectivity index (χ4n) is 3.29. The van der Waals surface area contributed by atoms with E-state index in [1.54, 1.807) is 6.20 Å². The Bertz CT molecular complexity index is 790. The number of pyridine rings is 1. The van der Waals surface area contributed by atoms with Crippen LogP contribution in [0.4, 0.5) is 5.95 Å². The Morgan fingerprint density at radius 3 is 2.71 bits per heavy atom. The summed E-state index contributed by atoms with van der Waals surface area (Å²) in [5.41, 5.74) is 1.68. The number of H-pyrrole nitrogens is 1. The van der Waals surface area contributed by atoms with Gasteiger partial charge < -0.3 is 4.90 Å². The largest absolute Gasteiger partial charge is 0.342 e. The maximum Gasteiger partial charge on any atom is 0.262 e. The minimum absolute atomic E-state index is 0.0775. The number of nitrogens with one attached hydrogen (secondary N) is 1. The van der Waals surface area contributed by atoms with E-state index in [9.17, 15) is 9.59 Å². The number of nitrogens with zero attached hydrogens (tertiary/aromatic N) is 3. The van der Waals surface area contributed by atoms with Crippen LogP contribution in [0.15, 0.2) is 11.0 Å². The van der Waals surface area contributed by atoms with Crippen LogP contribution < -0.4 is 10.5 Å². The summed E-state index contributed by atoms with van der Waals surface area (Å²) < 4.78 is 0. The first-order valence-corrected chi connectivity index (χ1v) is 7.44. The van der Waals surface area contributed by atoms with Crippen LogP contribution in [0.2, 0.25) is 0 Å². The van der Waals surface area contributed by atoms with Gasteiger partial charge in [-0.1, -0.05) is 0 Å². The van der Waals surface area contributed by atoms with Gasteiger partial charge in [-0.2, -0.15) is 4.98 Å². The molecule has 1 N–H and O–H groups in total.